The lowest BCUT2D eigenvalue weighted by Crippen LogP contribution is -2.26. The molecule has 2 heterocycles. The van der Waals surface area contributed by atoms with Crippen molar-refractivity contribution in [2.45, 2.75) is 26.8 Å². The second-order valence-corrected chi connectivity index (χ2v) is 5.21. The molecule has 6 nitrogen and oxygen atoms in total. The van der Waals surface area contributed by atoms with Crippen molar-refractivity contribution < 1.29 is 4.79 Å². The number of carbonyl (C=O) groups excluding carboxylic acids is 1. The number of rotatable bonds is 5. The van der Waals surface area contributed by atoms with Gasteiger partial charge in [0.15, 0.2) is 0 Å². The summed E-state index contributed by atoms with van der Waals surface area (Å²) in [7, 11) is 0. The van der Waals surface area contributed by atoms with Gasteiger partial charge in [-0.25, -0.2) is 0 Å². The third-order valence-electron chi connectivity index (χ3n) is 2.76. The van der Waals surface area contributed by atoms with Crippen LogP contribution in [0.1, 0.15) is 28.3 Å². The Hall–Kier alpha value is -1.63. The van der Waals surface area contributed by atoms with E-state index in [1.54, 1.807) is 6.20 Å². The van der Waals surface area contributed by atoms with Gasteiger partial charge in [0.1, 0.15) is 5.69 Å². The van der Waals surface area contributed by atoms with Gasteiger partial charge in [-0.2, -0.15) is 10.2 Å². The number of hydrogen-bond donors (Lipinski definition) is 2. The fraction of sp³-hybridized carbons (Fsp3) is 0.417. The molecule has 2 aromatic heterocycles. The second-order valence-electron chi connectivity index (χ2n) is 4.35. The van der Waals surface area contributed by atoms with E-state index in [2.05, 4.69) is 36.5 Å². The number of aryl methyl sites for hydroxylation is 3. The quantitative estimate of drug-likeness (QED) is 0.823. The van der Waals surface area contributed by atoms with Gasteiger partial charge in [0.25, 0.3) is 5.91 Å². The molecule has 102 valence electrons. The number of nitrogens with one attached hydrogen (secondary N) is 2. The van der Waals surface area contributed by atoms with E-state index < -0.39 is 0 Å². The number of nitrogens with zero attached hydrogens (tertiary/aromatic N) is 3. The van der Waals surface area contributed by atoms with Crippen LogP contribution in [-0.4, -0.2) is 32.4 Å². The van der Waals surface area contributed by atoms with Crippen molar-refractivity contribution in [3.8, 4) is 0 Å². The average Bonchev–Trinajstić information content (AvgIpc) is 2.91. The number of H-pyrrole nitrogens is 1. The third kappa shape index (κ3) is 3.44. The summed E-state index contributed by atoms with van der Waals surface area (Å²) in [5.41, 5.74) is 2.61. The lowest BCUT2D eigenvalue weighted by Gasteiger charge is -2.06. The molecule has 2 rings (SSSR count). The van der Waals surface area contributed by atoms with Crippen LogP contribution in [0.15, 0.2) is 16.7 Å². The summed E-state index contributed by atoms with van der Waals surface area (Å²) < 4.78 is 2.62. The van der Waals surface area contributed by atoms with E-state index in [1.165, 1.54) is 0 Å². The van der Waals surface area contributed by atoms with Crippen molar-refractivity contribution >= 4 is 21.8 Å². The van der Waals surface area contributed by atoms with Gasteiger partial charge in [0, 0.05) is 18.8 Å². The first-order valence-corrected chi connectivity index (χ1v) is 6.85. The van der Waals surface area contributed by atoms with Crippen LogP contribution in [0.2, 0.25) is 0 Å². The molecular weight excluding hydrogens is 310 g/mol. The van der Waals surface area contributed by atoms with Crippen molar-refractivity contribution in [2.24, 2.45) is 0 Å². The lowest BCUT2D eigenvalue weighted by molar-refractivity contribution is 0.0947. The first-order valence-electron chi connectivity index (χ1n) is 6.06. The summed E-state index contributed by atoms with van der Waals surface area (Å²) in [6, 6.07) is 2.04. The van der Waals surface area contributed by atoms with Crippen LogP contribution < -0.4 is 5.32 Å². The van der Waals surface area contributed by atoms with Gasteiger partial charge in [0.2, 0.25) is 0 Å². The monoisotopic (exact) mass is 325 g/mol. The number of halogens is 1. The van der Waals surface area contributed by atoms with Crippen LogP contribution in [-0.2, 0) is 6.54 Å². The Morgan fingerprint density at radius 2 is 2.32 bits per heavy atom. The molecule has 2 N–H and O–H groups in total. The van der Waals surface area contributed by atoms with Crippen LogP contribution in [0.3, 0.4) is 0 Å². The highest BCUT2D eigenvalue weighted by Crippen LogP contribution is 2.12. The molecule has 0 radical (unpaired) electrons. The molecule has 0 spiro atoms. The zero-order valence-corrected chi connectivity index (χ0v) is 12.5. The molecule has 1 amide bonds. The molecule has 0 aliphatic heterocycles. The van der Waals surface area contributed by atoms with Crippen molar-refractivity contribution in [3.05, 3.63) is 33.8 Å². The van der Waals surface area contributed by atoms with E-state index in [-0.39, 0.29) is 5.91 Å². The Kier molecular flexibility index (Phi) is 4.36. The van der Waals surface area contributed by atoms with Gasteiger partial charge >= 0.3 is 0 Å². The van der Waals surface area contributed by atoms with E-state index in [4.69, 9.17) is 0 Å². The highest BCUT2D eigenvalue weighted by atomic mass is 79.9. The zero-order valence-electron chi connectivity index (χ0n) is 10.9. The summed E-state index contributed by atoms with van der Waals surface area (Å²) in [5.74, 6) is -0.155. The predicted octanol–water partition coefficient (Wildman–Crippen LogP) is 1.81. The maximum atomic E-state index is 11.8. The van der Waals surface area contributed by atoms with Gasteiger partial charge in [-0.3, -0.25) is 14.6 Å². The molecule has 19 heavy (non-hydrogen) atoms. The van der Waals surface area contributed by atoms with E-state index in [0.717, 1.165) is 24.4 Å². The van der Waals surface area contributed by atoms with Crippen LogP contribution in [0.5, 0.6) is 0 Å². The summed E-state index contributed by atoms with van der Waals surface area (Å²) in [6.45, 7) is 5.40. The molecule has 2 aromatic rings. The number of hydrogen-bond acceptors (Lipinski definition) is 3. The Morgan fingerprint density at radius 3 is 2.89 bits per heavy atom. The average molecular weight is 326 g/mol. The summed E-state index contributed by atoms with van der Waals surface area (Å²) in [4.78, 5) is 11.8. The Bertz CT molecular complexity index is 574. The second kappa shape index (κ2) is 6.01. The van der Waals surface area contributed by atoms with Crippen molar-refractivity contribution in [1.29, 1.82) is 0 Å². The van der Waals surface area contributed by atoms with Gasteiger partial charge < -0.3 is 5.32 Å². The van der Waals surface area contributed by atoms with Gasteiger partial charge in [0.05, 0.1) is 16.4 Å². The highest BCUT2D eigenvalue weighted by molar-refractivity contribution is 9.10. The Labute approximate surface area is 119 Å². The summed E-state index contributed by atoms with van der Waals surface area (Å²) >= 11 is 3.26. The molecule has 0 fully saturated rings. The fourth-order valence-electron chi connectivity index (χ4n) is 1.85. The first kappa shape index (κ1) is 13.8. The molecule has 0 bridgehead atoms. The Morgan fingerprint density at radius 1 is 1.53 bits per heavy atom. The number of amides is 1. The lowest BCUT2D eigenvalue weighted by atomic mass is 10.3. The van der Waals surface area contributed by atoms with Crippen LogP contribution in [0.25, 0.3) is 0 Å². The number of carbonyl (C=O) groups is 1. The first-order chi connectivity index (χ1) is 9.08. The SMILES string of the molecule is Cc1cc(C)n(CCCNC(=O)c2[nH]ncc2Br)n1. The third-order valence-corrected chi connectivity index (χ3v) is 3.36. The van der Waals surface area contributed by atoms with Gasteiger partial charge in [-0.15, -0.1) is 0 Å². The van der Waals surface area contributed by atoms with E-state index in [0.29, 0.717) is 16.7 Å². The molecule has 7 heteroatoms. The van der Waals surface area contributed by atoms with E-state index in [1.807, 2.05) is 24.6 Å². The van der Waals surface area contributed by atoms with Gasteiger partial charge in [-0.05, 0) is 42.3 Å². The molecule has 0 aliphatic rings. The smallest absolute Gasteiger partial charge is 0.270 e. The molecule has 0 atom stereocenters. The van der Waals surface area contributed by atoms with Gasteiger partial charge in [-0.1, -0.05) is 0 Å². The van der Waals surface area contributed by atoms with Crippen molar-refractivity contribution in [2.75, 3.05) is 6.54 Å². The minimum absolute atomic E-state index is 0.155. The van der Waals surface area contributed by atoms with Crippen molar-refractivity contribution in [3.63, 3.8) is 0 Å². The number of aromatic nitrogens is 4. The minimum Gasteiger partial charge on any atom is -0.351 e. The minimum atomic E-state index is -0.155. The van der Waals surface area contributed by atoms with Crippen LogP contribution in [0.4, 0.5) is 0 Å². The zero-order chi connectivity index (χ0) is 13.8. The van der Waals surface area contributed by atoms with E-state index in [9.17, 15) is 4.79 Å². The Balaban J connectivity index is 1.77. The van der Waals surface area contributed by atoms with Crippen molar-refractivity contribution in [1.82, 2.24) is 25.3 Å². The molecule has 0 saturated carbocycles. The molecular formula is C12H16BrN5O. The summed E-state index contributed by atoms with van der Waals surface area (Å²) in [6.07, 6.45) is 2.39. The molecule has 0 saturated heterocycles. The van der Waals surface area contributed by atoms with Crippen LogP contribution in [0, 0.1) is 13.8 Å². The molecule has 0 unspecified atom stereocenters. The fourth-order valence-corrected chi connectivity index (χ4v) is 2.22. The maximum absolute atomic E-state index is 11.8. The number of aromatic amines is 1. The molecule has 0 aliphatic carbocycles. The standard InChI is InChI=1S/C12H16BrN5O/c1-8-6-9(2)18(17-8)5-3-4-14-12(19)11-10(13)7-15-16-11/h6-7H,3-5H2,1-2H3,(H,14,19)(H,15,16). The topological polar surface area (TPSA) is 75.6 Å². The maximum Gasteiger partial charge on any atom is 0.270 e. The largest absolute Gasteiger partial charge is 0.351 e. The normalized spacial score (nSPS) is 10.7. The summed E-state index contributed by atoms with van der Waals surface area (Å²) in [5, 5.41) is 13.6. The highest BCUT2D eigenvalue weighted by Gasteiger charge is 2.10. The molecule has 0 aromatic carbocycles. The van der Waals surface area contributed by atoms with E-state index >= 15 is 0 Å². The van der Waals surface area contributed by atoms with Crippen LogP contribution >= 0.6 is 15.9 Å². The predicted molar refractivity (Wildman–Crippen MR) is 74.9 cm³/mol.